The number of esters is 1. The first kappa shape index (κ1) is 27.7. The molecule has 0 radical (unpaired) electrons. The van der Waals surface area contributed by atoms with Gasteiger partial charge in [0, 0.05) is 0 Å². The Morgan fingerprint density at radius 1 is 0.818 bits per heavy atom. The van der Waals surface area contributed by atoms with E-state index in [0.29, 0.717) is 0 Å². The van der Waals surface area contributed by atoms with Gasteiger partial charge in [-0.3, -0.25) is 9.59 Å². The fourth-order valence-electron chi connectivity index (χ4n) is 2.50. The molecule has 0 saturated heterocycles. The first-order chi connectivity index (χ1) is 15.1. The largest absolute Gasteiger partial charge is 0.460 e. The van der Waals surface area contributed by atoms with Crippen LogP contribution in [-0.4, -0.2) is 47.5 Å². The number of rotatable bonds is 8. The molecule has 0 unspecified atom stereocenters. The summed E-state index contributed by atoms with van der Waals surface area (Å²) in [5, 5.41) is 7.36. The summed E-state index contributed by atoms with van der Waals surface area (Å²) < 4.78 is 15.5. The first-order valence-electron chi connectivity index (χ1n) is 10.6. The zero-order valence-corrected chi connectivity index (χ0v) is 20.3. The average Bonchev–Trinajstić information content (AvgIpc) is 2.63. The highest BCUT2D eigenvalue weighted by Crippen LogP contribution is 2.11. The van der Waals surface area contributed by atoms with Crippen LogP contribution in [0.15, 0.2) is 30.3 Å². The maximum atomic E-state index is 12.7. The Balaban J connectivity index is 2.70. The highest BCUT2D eigenvalue weighted by Gasteiger charge is 2.29. The minimum atomic E-state index is -1.28. The second-order valence-electron chi connectivity index (χ2n) is 9.43. The summed E-state index contributed by atoms with van der Waals surface area (Å²) in [4.78, 5) is 49.1. The molecule has 0 spiro atoms. The molecular formula is C23H35N3O7. The molecule has 1 aromatic carbocycles. The van der Waals surface area contributed by atoms with Crippen LogP contribution >= 0.6 is 0 Å². The third-order valence-electron chi connectivity index (χ3n) is 3.70. The van der Waals surface area contributed by atoms with Crippen molar-refractivity contribution in [1.82, 2.24) is 16.0 Å². The van der Waals surface area contributed by atoms with Crippen molar-refractivity contribution in [2.75, 3.05) is 0 Å². The summed E-state index contributed by atoms with van der Waals surface area (Å²) in [6.45, 7) is 11.7. The van der Waals surface area contributed by atoms with Crippen LogP contribution in [0.25, 0.3) is 0 Å². The minimum absolute atomic E-state index is 0.0643. The number of hydrogen-bond donors (Lipinski definition) is 3. The molecule has 2 atom stereocenters. The van der Waals surface area contributed by atoms with Gasteiger partial charge < -0.3 is 30.2 Å². The second kappa shape index (κ2) is 12.1. The van der Waals surface area contributed by atoms with Crippen LogP contribution in [0.5, 0.6) is 0 Å². The molecule has 0 saturated carbocycles. The van der Waals surface area contributed by atoms with Crippen molar-refractivity contribution in [3.8, 4) is 0 Å². The number of nitrogens with one attached hydrogen (secondary N) is 3. The Hall–Kier alpha value is -3.30. The molecule has 3 N–H and O–H groups in total. The van der Waals surface area contributed by atoms with Crippen LogP contribution < -0.4 is 16.0 Å². The predicted octanol–water partition coefficient (Wildman–Crippen LogP) is 3.00. The van der Waals surface area contributed by atoms with Crippen LogP contribution in [0.1, 0.15) is 60.5 Å². The van der Waals surface area contributed by atoms with Crippen molar-refractivity contribution in [3.05, 3.63) is 35.9 Å². The summed E-state index contributed by atoms with van der Waals surface area (Å²) >= 11 is 0. The van der Waals surface area contributed by atoms with Gasteiger partial charge in [-0.15, -0.1) is 0 Å². The lowest BCUT2D eigenvalue weighted by Crippen LogP contribution is -2.54. The van der Waals surface area contributed by atoms with Gasteiger partial charge in [-0.2, -0.15) is 0 Å². The van der Waals surface area contributed by atoms with Crippen LogP contribution in [0.4, 0.5) is 9.59 Å². The Morgan fingerprint density at radius 3 is 1.94 bits per heavy atom. The van der Waals surface area contributed by atoms with Crippen molar-refractivity contribution < 1.29 is 33.4 Å². The van der Waals surface area contributed by atoms with Crippen molar-refractivity contribution in [2.24, 2.45) is 0 Å². The lowest BCUT2D eigenvalue weighted by atomic mass is 10.1. The van der Waals surface area contributed by atoms with Crippen molar-refractivity contribution >= 4 is 24.1 Å². The number of carbonyl (C=O) groups is 4. The molecular weight excluding hydrogens is 430 g/mol. The number of carbonyl (C=O) groups excluding carboxylic acids is 4. The molecule has 33 heavy (non-hydrogen) atoms. The topological polar surface area (TPSA) is 132 Å². The van der Waals surface area contributed by atoms with Gasteiger partial charge >= 0.3 is 18.2 Å². The molecule has 0 aliphatic rings. The number of alkyl carbamates (subject to hydrolysis) is 2. The first-order valence-corrected chi connectivity index (χ1v) is 10.6. The molecule has 1 rings (SSSR count). The van der Waals surface area contributed by atoms with Gasteiger partial charge in [-0.05, 0) is 54.0 Å². The summed E-state index contributed by atoms with van der Waals surface area (Å²) in [6, 6.07) is 7.83. The van der Waals surface area contributed by atoms with Crippen molar-refractivity contribution in [3.63, 3.8) is 0 Å². The third-order valence-corrected chi connectivity index (χ3v) is 3.70. The average molecular weight is 466 g/mol. The molecule has 0 aromatic heterocycles. The lowest BCUT2D eigenvalue weighted by molar-refractivity contribution is -0.156. The third kappa shape index (κ3) is 13.0. The molecule has 10 heteroatoms. The maximum Gasteiger partial charge on any atom is 0.409 e. The molecule has 0 heterocycles. The molecule has 0 bridgehead atoms. The van der Waals surface area contributed by atoms with E-state index in [1.54, 1.807) is 41.5 Å². The highest BCUT2D eigenvalue weighted by atomic mass is 16.6. The normalized spacial score (nSPS) is 13.2. The quantitative estimate of drug-likeness (QED) is 0.305. The van der Waals surface area contributed by atoms with Crippen LogP contribution in [0, 0.1) is 0 Å². The van der Waals surface area contributed by atoms with Crippen LogP contribution in [0.3, 0.4) is 0 Å². The molecule has 0 aliphatic carbocycles. The lowest BCUT2D eigenvalue weighted by Gasteiger charge is -2.25. The fourth-order valence-corrected chi connectivity index (χ4v) is 2.50. The number of ether oxygens (including phenoxy) is 3. The van der Waals surface area contributed by atoms with Crippen molar-refractivity contribution in [1.29, 1.82) is 0 Å². The van der Waals surface area contributed by atoms with Gasteiger partial charge in [0.1, 0.15) is 30.0 Å². The molecule has 0 fully saturated rings. The Kier molecular flexibility index (Phi) is 10.2. The van der Waals surface area contributed by atoms with E-state index in [9.17, 15) is 19.2 Å². The van der Waals surface area contributed by atoms with Crippen molar-refractivity contribution in [2.45, 2.75) is 84.9 Å². The van der Waals surface area contributed by atoms with Gasteiger partial charge in [-0.1, -0.05) is 30.3 Å². The maximum absolute atomic E-state index is 12.7. The smallest absolute Gasteiger partial charge is 0.409 e. The van der Waals surface area contributed by atoms with E-state index in [1.807, 2.05) is 30.3 Å². The van der Waals surface area contributed by atoms with E-state index in [2.05, 4.69) is 16.0 Å². The fraction of sp³-hybridized carbons (Fsp3) is 0.565. The molecule has 0 aliphatic heterocycles. The summed E-state index contributed by atoms with van der Waals surface area (Å²) in [5.41, 5.74) is -0.751. The number of hydrogen-bond acceptors (Lipinski definition) is 7. The van der Waals surface area contributed by atoms with E-state index in [-0.39, 0.29) is 6.61 Å². The highest BCUT2D eigenvalue weighted by molar-refractivity contribution is 5.90. The standard InChI is InChI=1S/C23H35N3O7/c1-15(25-20(29)31-14-16-11-9-8-10-12-16)24-19(28)17(13-18(27)32-22(2,3)4)26-21(30)33-23(5,6)7/h8-12,15,17H,13-14H2,1-7H3,(H,24,28)(H,25,29)(H,26,30)/t15-,17-/m0/s1. The van der Waals surface area contributed by atoms with E-state index in [1.165, 1.54) is 6.92 Å². The summed E-state index contributed by atoms with van der Waals surface area (Å²) in [7, 11) is 0. The SMILES string of the molecule is C[C@H](NC(=O)OCc1ccccc1)NC(=O)[C@H](CC(=O)OC(C)(C)C)NC(=O)OC(C)(C)C. The second-order valence-corrected chi connectivity index (χ2v) is 9.43. The number of amides is 3. The van der Waals surface area contributed by atoms with Gasteiger partial charge in [0.25, 0.3) is 0 Å². The van der Waals surface area contributed by atoms with E-state index in [4.69, 9.17) is 14.2 Å². The molecule has 3 amide bonds. The van der Waals surface area contributed by atoms with Gasteiger partial charge in [0.2, 0.25) is 5.91 Å². The monoisotopic (exact) mass is 465 g/mol. The summed E-state index contributed by atoms with van der Waals surface area (Å²) in [5.74, 6) is -1.39. The van der Waals surface area contributed by atoms with E-state index >= 15 is 0 Å². The Labute approximate surface area is 194 Å². The number of benzene rings is 1. The Morgan fingerprint density at radius 2 is 1.39 bits per heavy atom. The minimum Gasteiger partial charge on any atom is -0.460 e. The van der Waals surface area contributed by atoms with E-state index < -0.39 is 53.9 Å². The van der Waals surface area contributed by atoms with Gasteiger partial charge in [0.15, 0.2) is 0 Å². The predicted molar refractivity (Wildman–Crippen MR) is 121 cm³/mol. The zero-order valence-electron chi connectivity index (χ0n) is 20.3. The molecule has 10 nitrogen and oxygen atoms in total. The van der Waals surface area contributed by atoms with Crippen LogP contribution in [-0.2, 0) is 30.4 Å². The molecule has 1 aromatic rings. The Bertz CT molecular complexity index is 784. The van der Waals surface area contributed by atoms with Gasteiger partial charge in [0.05, 0.1) is 6.42 Å². The van der Waals surface area contributed by atoms with Gasteiger partial charge in [-0.25, -0.2) is 9.59 Å². The van der Waals surface area contributed by atoms with Crippen LogP contribution in [0.2, 0.25) is 0 Å². The zero-order chi connectivity index (χ0) is 25.2. The summed E-state index contributed by atoms with van der Waals surface area (Å²) in [6.07, 6.45) is -2.88. The molecule has 184 valence electrons. The van der Waals surface area contributed by atoms with E-state index in [0.717, 1.165) is 5.56 Å².